The molecule has 1 fully saturated rings. The van der Waals surface area contributed by atoms with Crippen LogP contribution in [0.5, 0.6) is 0 Å². The van der Waals surface area contributed by atoms with Gasteiger partial charge in [0.1, 0.15) is 6.04 Å². The maximum Gasteiger partial charge on any atom is 0.242 e. The Morgan fingerprint density at radius 3 is 2.42 bits per heavy atom. The molecule has 1 aliphatic rings. The highest BCUT2D eigenvalue weighted by molar-refractivity contribution is 7.92. The zero-order chi connectivity index (χ0) is 26.3. The third kappa shape index (κ3) is 7.71. The fraction of sp³-hybridized carbons (Fsp3) is 0.481. The highest BCUT2D eigenvalue weighted by Gasteiger charge is 2.29. The van der Waals surface area contributed by atoms with Crippen LogP contribution >= 0.6 is 11.6 Å². The number of amides is 2. The van der Waals surface area contributed by atoms with Gasteiger partial charge >= 0.3 is 0 Å². The summed E-state index contributed by atoms with van der Waals surface area (Å²) in [4.78, 5) is 28.0. The van der Waals surface area contributed by atoms with Crippen LogP contribution in [-0.2, 0) is 26.2 Å². The number of aryl methyl sites for hydroxylation is 1. The first-order valence-corrected chi connectivity index (χ1v) is 14.7. The Balaban J connectivity index is 1.72. The maximum atomic E-state index is 13.4. The van der Waals surface area contributed by atoms with Crippen molar-refractivity contribution < 1.29 is 18.0 Å². The molecule has 0 radical (unpaired) electrons. The molecule has 1 N–H and O–H groups in total. The van der Waals surface area contributed by atoms with Gasteiger partial charge in [-0.1, -0.05) is 60.8 Å². The molecule has 2 aromatic rings. The summed E-state index contributed by atoms with van der Waals surface area (Å²) in [7, 11) is -3.58. The van der Waals surface area contributed by atoms with Crippen LogP contribution in [0.1, 0.15) is 56.6 Å². The molecule has 0 bridgehead atoms. The van der Waals surface area contributed by atoms with Gasteiger partial charge in [-0.2, -0.15) is 0 Å². The second kappa shape index (κ2) is 12.6. The van der Waals surface area contributed by atoms with Gasteiger partial charge in [-0.15, -0.1) is 0 Å². The molecule has 2 aromatic carbocycles. The molecule has 0 spiro atoms. The van der Waals surface area contributed by atoms with E-state index < -0.39 is 16.1 Å². The summed E-state index contributed by atoms with van der Waals surface area (Å²) in [6.45, 7) is 4.01. The van der Waals surface area contributed by atoms with Gasteiger partial charge in [0.15, 0.2) is 0 Å². The lowest BCUT2D eigenvalue weighted by Crippen LogP contribution is -2.49. The number of benzene rings is 2. The van der Waals surface area contributed by atoms with Crippen LogP contribution in [0, 0.1) is 6.92 Å². The summed E-state index contributed by atoms with van der Waals surface area (Å²) in [6, 6.07) is 14.2. The molecule has 3 rings (SSSR count). The standard InChI is InChI=1S/C27H36ClN3O4S/c1-20-15-16-23(28)18-25(20)31(36(3,34)35)17-9-14-26(32)30(19-22-10-5-4-6-11-22)21(2)27(33)29-24-12-7-8-13-24/h4-6,10-11,15-16,18,21,24H,7-9,12-14,17,19H2,1-3H3,(H,29,33)/t21-/m1/s1. The number of carbonyl (C=O) groups is 2. The SMILES string of the molecule is Cc1ccc(Cl)cc1N(CCCC(=O)N(Cc1ccccc1)[C@H](C)C(=O)NC1CCCC1)S(C)(=O)=O. The molecule has 196 valence electrons. The van der Waals surface area contributed by atoms with Gasteiger partial charge in [0.25, 0.3) is 0 Å². The van der Waals surface area contributed by atoms with Gasteiger partial charge in [-0.3, -0.25) is 13.9 Å². The molecule has 1 atom stereocenters. The molecule has 0 saturated heterocycles. The first-order chi connectivity index (χ1) is 17.1. The minimum absolute atomic E-state index is 0.111. The predicted octanol–water partition coefficient (Wildman–Crippen LogP) is 4.67. The minimum atomic E-state index is -3.58. The zero-order valence-electron chi connectivity index (χ0n) is 21.2. The van der Waals surface area contributed by atoms with Crippen LogP contribution in [-0.4, -0.2) is 50.0 Å². The van der Waals surface area contributed by atoms with Crippen LogP contribution in [0.3, 0.4) is 0 Å². The van der Waals surface area contributed by atoms with Crippen molar-refractivity contribution >= 4 is 39.1 Å². The van der Waals surface area contributed by atoms with Crippen molar-refractivity contribution in [2.45, 2.75) is 71.0 Å². The number of nitrogens with zero attached hydrogens (tertiary/aromatic N) is 2. The Bertz CT molecular complexity index is 1150. The smallest absolute Gasteiger partial charge is 0.242 e. The number of anilines is 1. The topological polar surface area (TPSA) is 86.8 Å². The molecule has 7 nitrogen and oxygen atoms in total. The first kappa shape index (κ1) is 28.0. The number of carbonyl (C=O) groups excluding carboxylic acids is 2. The molecule has 1 saturated carbocycles. The Morgan fingerprint density at radius 1 is 1.11 bits per heavy atom. The first-order valence-electron chi connectivity index (χ1n) is 12.4. The van der Waals surface area contributed by atoms with Gasteiger partial charge in [0.05, 0.1) is 11.9 Å². The number of halogens is 1. The summed E-state index contributed by atoms with van der Waals surface area (Å²) in [6.07, 6.45) is 5.71. The van der Waals surface area contributed by atoms with Crippen molar-refractivity contribution in [3.05, 3.63) is 64.7 Å². The van der Waals surface area contributed by atoms with Crippen LogP contribution in [0.25, 0.3) is 0 Å². The van der Waals surface area contributed by atoms with Crippen LogP contribution < -0.4 is 9.62 Å². The lowest BCUT2D eigenvalue weighted by atomic mass is 10.1. The molecule has 9 heteroatoms. The van der Waals surface area contributed by atoms with E-state index in [1.807, 2.05) is 37.3 Å². The average Bonchev–Trinajstić information content (AvgIpc) is 3.34. The minimum Gasteiger partial charge on any atom is -0.352 e. The van der Waals surface area contributed by atoms with Gasteiger partial charge in [0, 0.05) is 30.6 Å². The normalized spacial score (nSPS) is 14.9. The number of nitrogens with one attached hydrogen (secondary N) is 1. The number of sulfonamides is 1. The third-order valence-corrected chi connectivity index (χ3v) is 8.07. The van der Waals surface area contributed by atoms with Crippen molar-refractivity contribution in [2.24, 2.45) is 0 Å². The number of hydrogen-bond donors (Lipinski definition) is 1. The van der Waals surface area contributed by atoms with Gasteiger partial charge in [-0.25, -0.2) is 8.42 Å². The van der Waals surface area contributed by atoms with E-state index in [4.69, 9.17) is 11.6 Å². The van der Waals surface area contributed by atoms with Crippen molar-refractivity contribution in [2.75, 3.05) is 17.1 Å². The van der Waals surface area contributed by atoms with E-state index in [1.54, 1.807) is 30.0 Å². The fourth-order valence-electron chi connectivity index (χ4n) is 4.59. The van der Waals surface area contributed by atoms with E-state index in [9.17, 15) is 18.0 Å². The highest BCUT2D eigenvalue weighted by atomic mass is 35.5. The third-order valence-electron chi connectivity index (χ3n) is 6.66. The number of rotatable bonds is 11. The quantitative estimate of drug-likeness (QED) is 0.454. The Kier molecular flexibility index (Phi) is 9.79. The van der Waals surface area contributed by atoms with E-state index in [0.717, 1.165) is 43.1 Å². The summed E-state index contributed by atoms with van der Waals surface area (Å²) in [5, 5.41) is 3.54. The summed E-state index contributed by atoms with van der Waals surface area (Å²) in [5.74, 6) is -0.345. The van der Waals surface area contributed by atoms with Crippen molar-refractivity contribution in [3.63, 3.8) is 0 Å². The fourth-order valence-corrected chi connectivity index (χ4v) is 5.77. The Labute approximate surface area is 219 Å². The van der Waals surface area contributed by atoms with E-state index >= 15 is 0 Å². The monoisotopic (exact) mass is 533 g/mol. The summed E-state index contributed by atoms with van der Waals surface area (Å²) in [5.41, 5.74) is 2.21. The van der Waals surface area contributed by atoms with E-state index in [-0.39, 0.29) is 30.8 Å². The molecule has 36 heavy (non-hydrogen) atoms. The van der Waals surface area contributed by atoms with E-state index in [2.05, 4.69) is 5.32 Å². The lowest BCUT2D eigenvalue weighted by molar-refractivity contribution is -0.141. The van der Waals surface area contributed by atoms with E-state index in [0.29, 0.717) is 23.7 Å². The zero-order valence-corrected chi connectivity index (χ0v) is 22.8. The molecular weight excluding hydrogens is 498 g/mol. The van der Waals surface area contributed by atoms with E-state index in [1.165, 1.54) is 4.31 Å². The van der Waals surface area contributed by atoms with Crippen LogP contribution in [0.15, 0.2) is 48.5 Å². The van der Waals surface area contributed by atoms with Gasteiger partial charge in [-0.05, 0) is 56.4 Å². The molecule has 0 heterocycles. The second-order valence-corrected chi connectivity index (χ2v) is 11.9. The molecule has 1 aliphatic carbocycles. The Hall–Kier alpha value is -2.58. The van der Waals surface area contributed by atoms with Crippen LogP contribution in [0.4, 0.5) is 5.69 Å². The number of hydrogen-bond acceptors (Lipinski definition) is 4. The molecule has 0 unspecified atom stereocenters. The van der Waals surface area contributed by atoms with Crippen molar-refractivity contribution in [1.82, 2.24) is 10.2 Å². The Morgan fingerprint density at radius 2 is 1.78 bits per heavy atom. The highest BCUT2D eigenvalue weighted by Crippen LogP contribution is 2.27. The molecule has 0 aromatic heterocycles. The second-order valence-electron chi connectivity index (χ2n) is 9.54. The van der Waals surface area contributed by atoms with Gasteiger partial charge < -0.3 is 10.2 Å². The average molecular weight is 534 g/mol. The van der Waals surface area contributed by atoms with Crippen molar-refractivity contribution in [3.8, 4) is 0 Å². The van der Waals surface area contributed by atoms with Crippen LogP contribution in [0.2, 0.25) is 5.02 Å². The molecular formula is C27H36ClN3O4S. The molecule has 2 amide bonds. The largest absolute Gasteiger partial charge is 0.352 e. The lowest BCUT2D eigenvalue weighted by Gasteiger charge is -2.30. The van der Waals surface area contributed by atoms with Crippen molar-refractivity contribution in [1.29, 1.82) is 0 Å². The summed E-state index contributed by atoms with van der Waals surface area (Å²) < 4.78 is 26.4. The predicted molar refractivity (Wildman–Crippen MR) is 144 cm³/mol. The van der Waals surface area contributed by atoms with Gasteiger partial charge in [0.2, 0.25) is 21.8 Å². The molecule has 0 aliphatic heterocycles. The summed E-state index contributed by atoms with van der Waals surface area (Å²) >= 11 is 6.12. The maximum absolute atomic E-state index is 13.4.